The van der Waals surface area contributed by atoms with Crippen LogP contribution >= 0.6 is 25.3 Å². The summed E-state index contributed by atoms with van der Waals surface area (Å²) in [4.78, 5) is 33.3. The Hall–Kier alpha value is -5.80. The number of nitrogens with zero attached hydrogens (tertiary/aromatic N) is 6. The van der Waals surface area contributed by atoms with Crippen molar-refractivity contribution in [2.45, 2.75) is 75.0 Å². The fraction of sp³-hybridized carbons (Fsp3) is 0.240. The van der Waals surface area contributed by atoms with Gasteiger partial charge in [0.2, 0.25) is 0 Å². The van der Waals surface area contributed by atoms with Crippen LogP contribution in [0.15, 0.2) is 168 Å². The zero-order valence-electron chi connectivity index (χ0n) is 35.6. The van der Waals surface area contributed by atoms with Gasteiger partial charge in [0.1, 0.15) is 17.5 Å². The number of fused-ring (bicyclic) bond motifs is 2. The lowest BCUT2D eigenvalue weighted by Gasteiger charge is -2.21. The second-order valence-electron chi connectivity index (χ2n) is 15.4. The molecular weight excluding hydrogens is 819 g/mol. The number of aromatic amines is 3. The second-order valence-corrected chi connectivity index (χ2v) is 16.5. The van der Waals surface area contributed by atoms with Crippen molar-refractivity contribution in [3.05, 3.63) is 215 Å². The normalized spacial score (nSPS) is 12.8. The van der Waals surface area contributed by atoms with Crippen molar-refractivity contribution >= 4 is 25.3 Å². The van der Waals surface area contributed by atoms with Gasteiger partial charge in [-0.2, -0.15) is 0 Å². The molecule has 4 aromatic heterocycles. The van der Waals surface area contributed by atoms with Gasteiger partial charge in [0, 0.05) is 85.9 Å². The molecule has 324 valence electrons. The summed E-state index contributed by atoms with van der Waals surface area (Å²) in [6.45, 7) is 9.02. The number of rotatable bonds is 12. The zero-order chi connectivity index (χ0) is 43.3. The van der Waals surface area contributed by atoms with Crippen molar-refractivity contribution in [3.63, 3.8) is 0 Å². The van der Waals surface area contributed by atoms with Crippen LogP contribution in [0.2, 0.25) is 0 Å². The van der Waals surface area contributed by atoms with Crippen molar-refractivity contribution in [2.24, 2.45) is 0 Å². The summed E-state index contributed by atoms with van der Waals surface area (Å²) < 4.78 is 0. The van der Waals surface area contributed by atoms with Gasteiger partial charge in [-0.05, 0) is 95.7 Å². The molecule has 0 aliphatic carbocycles. The number of thiol groups is 2. The van der Waals surface area contributed by atoms with Crippen LogP contribution in [0.1, 0.15) is 56.5 Å². The number of nitrogens with one attached hydrogen (secondary N) is 5. The Morgan fingerprint density at radius 3 is 1.27 bits per heavy atom. The first kappa shape index (κ1) is 45.2. The highest BCUT2D eigenvalue weighted by Gasteiger charge is 2.13. The van der Waals surface area contributed by atoms with E-state index in [0.29, 0.717) is 0 Å². The molecule has 10 rings (SSSR count). The van der Waals surface area contributed by atoms with Gasteiger partial charge >= 0.3 is 0 Å². The lowest BCUT2D eigenvalue weighted by molar-refractivity contribution is 0.236. The molecule has 63 heavy (non-hydrogen) atoms. The highest BCUT2D eigenvalue weighted by atomic mass is 32.1. The summed E-state index contributed by atoms with van der Waals surface area (Å²) in [5, 5.41) is 6.68. The van der Waals surface area contributed by atoms with E-state index in [0.717, 1.165) is 98.4 Å². The third kappa shape index (κ3) is 15.5. The Bertz CT molecular complexity index is 2340. The minimum Gasteiger partial charge on any atom is -0.348 e. The minimum absolute atomic E-state index is 0.741. The lowest BCUT2D eigenvalue weighted by Crippen LogP contribution is -2.23. The first-order chi connectivity index (χ1) is 31.0. The molecule has 0 spiro atoms. The molecule has 0 amide bonds. The molecule has 2 aliphatic heterocycles. The molecule has 0 saturated carbocycles. The Morgan fingerprint density at radius 1 is 0.429 bits per heavy atom. The number of pyridine rings is 1. The summed E-state index contributed by atoms with van der Waals surface area (Å²) >= 11 is 8.81. The molecule has 13 heteroatoms. The highest BCUT2D eigenvalue weighted by Crippen LogP contribution is 2.17. The van der Waals surface area contributed by atoms with Crippen LogP contribution in [0.4, 0.5) is 0 Å². The predicted octanol–water partition coefficient (Wildman–Crippen LogP) is 8.58. The fourth-order valence-electron chi connectivity index (χ4n) is 7.51. The van der Waals surface area contributed by atoms with Crippen molar-refractivity contribution in [1.82, 2.24) is 55.3 Å². The molecule has 0 saturated heterocycles. The van der Waals surface area contributed by atoms with Gasteiger partial charge < -0.3 is 25.6 Å². The van der Waals surface area contributed by atoms with Gasteiger partial charge in [0.15, 0.2) is 0 Å². The van der Waals surface area contributed by atoms with Gasteiger partial charge in [0.25, 0.3) is 0 Å². The Morgan fingerprint density at radius 2 is 0.873 bits per heavy atom. The Balaban J connectivity index is 0.000000134. The smallest absolute Gasteiger partial charge is 0.120 e. The number of hydrogen-bond donors (Lipinski definition) is 7. The van der Waals surface area contributed by atoms with Crippen LogP contribution in [-0.2, 0) is 65.2 Å². The maximum atomic E-state index is 4.42. The molecule has 0 unspecified atom stereocenters. The average molecular weight is 876 g/mol. The van der Waals surface area contributed by atoms with E-state index in [1.807, 2.05) is 67.3 Å². The zero-order valence-corrected chi connectivity index (χ0v) is 37.4. The van der Waals surface area contributed by atoms with E-state index in [9.17, 15) is 0 Å². The van der Waals surface area contributed by atoms with E-state index in [-0.39, 0.29) is 0 Å². The third-order valence-electron chi connectivity index (χ3n) is 10.5. The molecule has 4 aromatic carbocycles. The maximum Gasteiger partial charge on any atom is 0.120 e. The van der Waals surface area contributed by atoms with Crippen LogP contribution in [0, 0.1) is 0 Å². The summed E-state index contributed by atoms with van der Waals surface area (Å²) in [5.74, 6) is 2.85. The van der Waals surface area contributed by atoms with E-state index < -0.39 is 0 Å². The Labute approximate surface area is 382 Å². The Kier molecular flexibility index (Phi) is 17.8. The van der Waals surface area contributed by atoms with Crippen molar-refractivity contribution in [1.29, 1.82) is 0 Å². The molecule has 0 bridgehead atoms. The number of aromatic nitrogens is 7. The van der Waals surface area contributed by atoms with E-state index >= 15 is 0 Å². The van der Waals surface area contributed by atoms with E-state index in [1.54, 1.807) is 18.6 Å². The molecule has 0 fully saturated rings. The van der Waals surface area contributed by atoms with E-state index in [1.165, 1.54) is 46.2 Å². The SMILES string of the molecule is Sc1cccc(CN(Cc2ccccn2)Cc2ncc[nH]2)c1.Sc1cccc(CN(Cc2ncc[nH]2)Cc2ncc[nH]2)c1.c1ccc2c(c1)CCNC2.c1ccc2c(c1)CCNC2. The van der Waals surface area contributed by atoms with Gasteiger partial charge in [-0.25, -0.2) is 15.0 Å². The van der Waals surface area contributed by atoms with Gasteiger partial charge in [-0.1, -0.05) is 78.9 Å². The molecule has 0 radical (unpaired) electrons. The maximum absolute atomic E-state index is 4.42. The van der Waals surface area contributed by atoms with Crippen LogP contribution < -0.4 is 10.6 Å². The summed E-state index contributed by atoms with van der Waals surface area (Å²) in [5.41, 5.74) is 9.47. The van der Waals surface area contributed by atoms with Crippen molar-refractivity contribution in [2.75, 3.05) is 13.1 Å². The lowest BCUT2D eigenvalue weighted by atomic mass is 10.0. The monoisotopic (exact) mass is 875 g/mol. The molecule has 8 aromatic rings. The molecule has 2 aliphatic rings. The number of hydrogen-bond acceptors (Lipinski definition) is 10. The molecule has 11 nitrogen and oxygen atoms in total. The van der Waals surface area contributed by atoms with Crippen molar-refractivity contribution in [3.8, 4) is 0 Å². The van der Waals surface area contributed by atoms with Crippen LogP contribution in [0.3, 0.4) is 0 Å². The largest absolute Gasteiger partial charge is 0.348 e. The van der Waals surface area contributed by atoms with E-state index in [4.69, 9.17) is 0 Å². The molecule has 0 atom stereocenters. The summed E-state index contributed by atoms with van der Waals surface area (Å²) in [6.07, 6.45) is 15.1. The quantitative estimate of drug-likeness (QED) is 0.0609. The summed E-state index contributed by atoms with van der Waals surface area (Å²) in [7, 11) is 0. The standard InChI is InChI=1S/C17H18N4S.C15H17N5S.2C9H11N/c22-16-6-3-4-14(10-16)11-21(13-17-19-8-9-20-17)12-15-5-1-2-7-18-15;21-13-3-1-2-12(8-13)9-20(10-14-16-4-5-17-14)11-15-18-6-7-19-15;2*1-2-4-9-7-10-6-5-8(9)3-1/h1-10,22H,11-13H2,(H,19,20);1-8,21H,9-11H2,(H,16,17)(H,18,19);2*1-4,10H,5-7H2. The molecule has 5 N–H and O–H groups in total. The second kappa shape index (κ2) is 24.7. The molecular formula is C50H57N11S2. The van der Waals surface area contributed by atoms with Crippen LogP contribution in [0.25, 0.3) is 0 Å². The average Bonchev–Trinajstić information content (AvgIpc) is 4.14. The van der Waals surface area contributed by atoms with Crippen molar-refractivity contribution < 1.29 is 0 Å². The molecule has 6 heterocycles. The predicted molar refractivity (Wildman–Crippen MR) is 257 cm³/mol. The van der Waals surface area contributed by atoms with Crippen LogP contribution in [0.5, 0.6) is 0 Å². The highest BCUT2D eigenvalue weighted by molar-refractivity contribution is 7.80. The third-order valence-corrected chi connectivity index (χ3v) is 11.1. The summed E-state index contributed by atoms with van der Waals surface area (Å²) in [6, 6.07) is 39.7. The topological polar surface area (TPSA) is 129 Å². The number of imidazole rings is 3. The first-order valence-corrected chi connectivity index (χ1v) is 22.3. The van der Waals surface area contributed by atoms with Gasteiger partial charge in [-0.3, -0.25) is 14.8 Å². The fourth-order valence-corrected chi connectivity index (χ4v) is 8.01. The van der Waals surface area contributed by atoms with Crippen LogP contribution in [-0.4, -0.2) is 57.8 Å². The number of benzene rings is 4. The van der Waals surface area contributed by atoms with E-state index in [2.05, 4.69) is 153 Å². The van der Waals surface area contributed by atoms with Gasteiger partial charge in [-0.15, -0.1) is 25.3 Å². The minimum atomic E-state index is 0.741. The number of H-pyrrole nitrogens is 3. The first-order valence-electron chi connectivity index (χ1n) is 21.4. The van der Waals surface area contributed by atoms with Gasteiger partial charge in [0.05, 0.1) is 25.3 Å².